The standard InChI is InChI=1S/C17H13Cl2NO3/c1-21-13-8-5-11(9-14(13)22-2)15-16(23-17(19)20-15)10-3-6-12(18)7-4-10/h3-9H,1-2H3. The van der Waals surface area contributed by atoms with E-state index >= 15 is 0 Å². The quantitative estimate of drug-likeness (QED) is 0.638. The molecule has 0 bridgehead atoms. The Morgan fingerprint density at radius 3 is 2.17 bits per heavy atom. The first kappa shape index (κ1) is 15.7. The highest BCUT2D eigenvalue weighted by molar-refractivity contribution is 6.30. The molecule has 0 aliphatic heterocycles. The fraction of sp³-hybridized carbons (Fsp3) is 0.118. The maximum absolute atomic E-state index is 5.97. The molecule has 2 aromatic carbocycles. The second-order valence-corrected chi connectivity index (χ2v) is 5.48. The van der Waals surface area contributed by atoms with E-state index in [9.17, 15) is 0 Å². The molecular weight excluding hydrogens is 337 g/mol. The molecule has 0 unspecified atom stereocenters. The number of halogens is 2. The van der Waals surface area contributed by atoms with E-state index in [1.165, 1.54) is 0 Å². The molecule has 0 radical (unpaired) electrons. The van der Waals surface area contributed by atoms with Gasteiger partial charge in [-0.05, 0) is 54.1 Å². The number of hydrogen-bond acceptors (Lipinski definition) is 4. The number of hydrogen-bond donors (Lipinski definition) is 0. The van der Waals surface area contributed by atoms with Crippen LogP contribution in [0.5, 0.6) is 11.5 Å². The summed E-state index contributed by atoms with van der Waals surface area (Å²) in [6.07, 6.45) is 0. The van der Waals surface area contributed by atoms with Crippen LogP contribution in [0.15, 0.2) is 46.9 Å². The molecule has 0 saturated carbocycles. The lowest BCUT2D eigenvalue weighted by molar-refractivity contribution is 0.355. The zero-order valence-corrected chi connectivity index (χ0v) is 14.0. The van der Waals surface area contributed by atoms with E-state index in [-0.39, 0.29) is 5.35 Å². The minimum Gasteiger partial charge on any atom is -0.493 e. The average Bonchev–Trinajstić information content (AvgIpc) is 2.96. The van der Waals surface area contributed by atoms with Gasteiger partial charge in [-0.25, -0.2) is 0 Å². The van der Waals surface area contributed by atoms with Crippen LogP contribution in [0.4, 0.5) is 0 Å². The number of benzene rings is 2. The summed E-state index contributed by atoms with van der Waals surface area (Å²) in [4.78, 5) is 4.28. The molecule has 0 saturated heterocycles. The lowest BCUT2D eigenvalue weighted by Gasteiger charge is -2.09. The van der Waals surface area contributed by atoms with E-state index in [1.807, 2.05) is 30.3 Å². The van der Waals surface area contributed by atoms with Crippen LogP contribution < -0.4 is 9.47 Å². The van der Waals surface area contributed by atoms with E-state index < -0.39 is 0 Å². The van der Waals surface area contributed by atoms with Gasteiger partial charge >= 0.3 is 0 Å². The number of methoxy groups -OCH3 is 2. The van der Waals surface area contributed by atoms with Crippen LogP contribution in [0.3, 0.4) is 0 Å². The van der Waals surface area contributed by atoms with Gasteiger partial charge in [0.2, 0.25) is 0 Å². The first-order valence-electron chi connectivity index (χ1n) is 6.77. The van der Waals surface area contributed by atoms with Gasteiger partial charge < -0.3 is 13.9 Å². The molecule has 0 aliphatic rings. The van der Waals surface area contributed by atoms with Crippen molar-refractivity contribution in [2.45, 2.75) is 0 Å². The van der Waals surface area contributed by atoms with Gasteiger partial charge in [0.15, 0.2) is 17.3 Å². The van der Waals surface area contributed by atoms with Gasteiger partial charge in [0.25, 0.3) is 5.35 Å². The molecule has 0 N–H and O–H groups in total. The fourth-order valence-corrected chi connectivity index (χ4v) is 2.56. The van der Waals surface area contributed by atoms with Gasteiger partial charge in [0.05, 0.1) is 14.2 Å². The summed E-state index contributed by atoms with van der Waals surface area (Å²) in [5.41, 5.74) is 2.26. The first-order valence-corrected chi connectivity index (χ1v) is 7.52. The Labute approximate surface area is 143 Å². The van der Waals surface area contributed by atoms with Crippen molar-refractivity contribution in [3.8, 4) is 34.1 Å². The molecule has 0 atom stereocenters. The Hall–Kier alpha value is -2.17. The van der Waals surface area contributed by atoms with Crippen LogP contribution in [-0.2, 0) is 0 Å². The van der Waals surface area contributed by atoms with E-state index in [0.29, 0.717) is 28.0 Å². The van der Waals surface area contributed by atoms with E-state index in [2.05, 4.69) is 4.98 Å². The van der Waals surface area contributed by atoms with Crippen molar-refractivity contribution in [3.05, 3.63) is 52.8 Å². The molecule has 3 aromatic rings. The number of oxazole rings is 1. The van der Waals surface area contributed by atoms with Gasteiger partial charge in [0.1, 0.15) is 5.69 Å². The predicted molar refractivity (Wildman–Crippen MR) is 90.5 cm³/mol. The largest absolute Gasteiger partial charge is 0.493 e. The van der Waals surface area contributed by atoms with Crippen molar-refractivity contribution in [2.24, 2.45) is 0 Å². The SMILES string of the molecule is COc1ccc(-c2nc(Cl)oc2-c2ccc(Cl)cc2)cc1OC. The Morgan fingerprint density at radius 1 is 0.870 bits per heavy atom. The molecule has 0 fully saturated rings. The van der Waals surface area contributed by atoms with Crippen molar-refractivity contribution < 1.29 is 13.9 Å². The number of rotatable bonds is 4. The lowest BCUT2D eigenvalue weighted by Crippen LogP contribution is -1.91. The second kappa shape index (κ2) is 6.52. The van der Waals surface area contributed by atoms with E-state index in [1.54, 1.807) is 26.4 Å². The second-order valence-electron chi connectivity index (χ2n) is 4.72. The summed E-state index contributed by atoms with van der Waals surface area (Å²) in [6, 6.07) is 12.8. The van der Waals surface area contributed by atoms with Crippen LogP contribution >= 0.6 is 23.2 Å². The molecule has 6 heteroatoms. The van der Waals surface area contributed by atoms with E-state index in [0.717, 1.165) is 11.1 Å². The number of aromatic nitrogens is 1. The Balaban J connectivity index is 2.12. The minimum absolute atomic E-state index is 0.0692. The molecule has 0 spiro atoms. The highest BCUT2D eigenvalue weighted by Crippen LogP contribution is 2.38. The third-order valence-corrected chi connectivity index (χ3v) is 3.78. The fourth-order valence-electron chi connectivity index (χ4n) is 2.27. The summed E-state index contributed by atoms with van der Waals surface area (Å²) < 4.78 is 16.1. The highest BCUT2D eigenvalue weighted by Gasteiger charge is 2.17. The van der Waals surface area contributed by atoms with Crippen molar-refractivity contribution in [1.29, 1.82) is 0 Å². The minimum atomic E-state index is 0.0692. The Kier molecular flexibility index (Phi) is 4.46. The topological polar surface area (TPSA) is 44.5 Å². The number of ether oxygens (including phenoxy) is 2. The van der Waals surface area contributed by atoms with Gasteiger partial charge in [0, 0.05) is 16.1 Å². The maximum Gasteiger partial charge on any atom is 0.293 e. The molecule has 0 aliphatic carbocycles. The summed E-state index contributed by atoms with van der Waals surface area (Å²) >= 11 is 11.9. The molecular formula is C17H13Cl2NO3. The molecule has 1 heterocycles. The third-order valence-electron chi connectivity index (χ3n) is 3.36. The lowest BCUT2D eigenvalue weighted by atomic mass is 10.1. The van der Waals surface area contributed by atoms with Gasteiger partial charge in [-0.1, -0.05) is 11.6 Å². The van der Waals surface area contributed by atoms with Crippen molar-refractivity contribution in [1.82, 2.24) is 4.98 Å². The average molecular weight is 350 g/mol. The van der Waals surface area contributed by atoms with Crippen molar-refractivity contribution in [3.63, 3.8) is 0 Å². The summed E-state index contributed by atoms with van der Waals surface area (Å²) in [7, 11) is 3.17. The number of nitrogens with zero attached hydrogens (tertiary/aromatic N) is 1. The Bertz CT molecular complexity index is 828. The molecule has 1 aromatic heterocycles. The zero-order chi connectivity index (χ0) is 16.4. The van der Waals surface area contributed by atoms with Crippen LogP contribution in [0.2, 0.25) is 10.4 Å². The molecule has 118 valence electrons. The normalized spacial score (nSPS) is 10.6. The van der Waals surface area contributed by atoms with Crippen LogP contribution in [0.1, 0.15) is 0 Å². The monoisotopic (exact) mass is 349 g/mol. The van der Waals surface area contributed by atoms with Gasteiger partial charge in [-0.2, -0.15) is 4.98 Å². The van der Waals surface area contributed by atoms with Crippen LogP contribution in [-0.4, -0.2) is 19.2 Å². The predicted octanol–water partition coefficient (Wildman–Crippen LogP) is 5.33. The Morgan fingerprint density at radius 2 is 1.52 bits per heavy atom. The van der Waals surface area contributed by atoms with Crippen molar-refractivity contribution >= 4 is 23.2 Å². The van der Waals surface area contributed by atoms with Gasteiger partial charge in [-0.3, -0.25) is 0 Å². The molecule has 3 rings (SSSR count). The van der Waals surface area contributed by atoms with Crippen LogP contribution in [0, 0.1) is 0 Å². The summed E-state index contributed by atoms with van der Waals surface area (Å²) in [5, 5.41) is 0.715. The summed E-state index contributed by atoms with van der Waals surface area (Å²) in [6.45, 7) is 0. The molecule has 4 nitrogen and oxygen atoms in total. The maximum atomic E-state index is 5.97. The van der Waals surface area contributed by atoms with E-state index in [4.69, 9.17) is 37.1 Å². The smallest absolute Gasteiger partial charge is 0.293 e. The first-order chi connectivity index (χ1) is 11.1. The van der Waals surface area contributed by atoms with Crippen LogP contribution in [0.25, 0.3) is 22.6 Å². The summed E-state index contributed by atoms with van der Waals surface area (Å²) in [5.74, 6) is 1.81. The highest BCUT2D eigenvalue weighted by atomic mass is 35.5. The third kappa shape index (κ3) is 3.14. The molecule has 23 heavy (non-hydrogen) atoms. The zero-order valence-electron chi connectivity index (χ0n) is 12.5. The van der Waals surface area contributed by atoms with Crippen molar-refractivity contribution in [2.75, 3.05) is 14.2 Å². The van der Waals surface area contributed by atoms with Gasteiger partial charge in [-0.15, -0.1) is 0 Å². The molecule has 0 amide bonds.